The summed E-state index contributed by atoms with van der Waals surface area (Å²) in [5, 5.41) is 2.47. The Balaban J connectivity index is 2.91. The van der Waals surface area contributed by atoms with Gasteiger partial charge < -0.3 is 25.3 Å². The molecule has 0 radical (unpaired) electrons. The van der Waals surface area contributed by atoms with Gasteiger partial charge in [-0.05, 0) is 6.92 Å². The third kappa shape index (κ3) is 4.91. The first-order chi connectivity index (χ1) is 15.2. The molecule has 0 saturated carbocycles. The summed E-state index contributed by atoms with van der Waals surface area (Å²) in [7, 11) is 0.898. The largest absolute Gasteiger partial charge is 0.466 e. The van der Waals surface area contributed by atoms with E-state index in [1.807, 2.05) is 0 Å². The van der Waals surface area contributed by atoms with Crippen LogP contribution in [0.4, 0.5) is 22.0 Å². The minimum atomic E-state index is -2.10. The SMILES string of the molecule is CCOC(=O)C1=C(COCCN)NC(CF)=C(C(=O)OC)C1c1c(F)c(F)cc(F)c1F. The molecular weight excluding hydrogens is 443 g/mol. The Bertz CT molecular complexity index is 938. The van der Waals surface area contributed by atoms with Crippen LogP contribution in [0.2, 0.25) is 0 Å². The summed E-state index contributed by atoms with van der Waals surface area (Å²) in [6, 6.07) is -0.0359. The molecule has 0 amide bonds. The number of nitrogens with one attached hydrogen (secondary N) is 1. The molecule has 0 bridgehead atoms. The Morgan fingerprint density at radius 2 is 1.66 bits per heavy atom. The zero-order valence-electron chi connectivity index (χ0n) is 17.2. The summed E-state index contributed by atoms with van der Waals surface area (Å²) in [5.41, 5.74) is 1.88. The number of esters is 2. The molecule has 1 aliphatic heterocycles. The van der Waals surface area contributed by atoms with E-state index in [1.54, 1.807) is 0 Å². The highest BCUT2D eigenvalue weighted by molar-refractivity contribution is 6.00. The Morgan fingerprint density at radius 1 is 1.06 bits per heavy atom. The zero-order chi connectivity index (χ0) is 24.0. The first kappa shape index (κ1) is 25.3. The van der Waals surface area contributed by atoms with Gasteiger partial charge in [0.2, 0.25) is 0 Å². The molecule has 12 heteroatoms. The van der Waals surface area contributed by atoms with E-state index in [9.17, 15) is 31.5 Å². The third-order valence-electron chi connectivity index (χ3n) is 4.51. The quantitative estimate of drug-likeness (QED) is 0.250. The van der Waals surface area contributed by atoms with Gasteiger partial charge in [0, 0.05) is 18.2 Å². The molecule has 0 aromatic heterocycles. The molecule has 1 aliphatic rings. The zero-order valence-corrected chi connectivity index (χ0v) is 17.2. The maximum absolute atomic E-state index is 14.8. The van der Waals surface area contributed by atoms with Crippen molar-refractivity contribution in [3.05, 3.63) is 57.4 Å². The number of carbonyl (C=O) groups is 2. The van der Waals surface area contributed by atoms with Gasteiger partial charge >= 0.3 is 11.9 Å². The molecule has 3 N–H and O–H groups in total. The number of hydrogen-bond donors (Lipinski definition) is 2. The van der Waals surface area contributed by atoms with Crippen molar-refractivity contribution in [3.63, 3.8) is 0 Å². The number of hydrogen-bond acceptors (Lipinski definition) is 7. The fourth-order valence-electron chi connectivity index (χ4n) is 3.22. The lowest BCUT2D eigenvalue weighted by atomic mass is 9.79. The molecule has 1 heterocycles. The van der Waals surface area contributed by atoms with Crippen LogP contribution >= 0.6 is 0 Å². The van der Waals surface area contributed by atoms with E-state index in [0.717, 1.165) is 7.11 Å². The molecule has 1 atom stereocenters. The van der Waals surface area contributed by atoms with Gasteiger partial charge in [-0.3, -0.25) is 0 Å². The number of dihydropyridines is 1. The number of nitrogens with two attached hydrogens (primary N) is 1. The predicted octanol–water partition coefficient (Wildman–Crippen LogP) is 2.12. The van der Waals surface area contributed by atoms with Gasteiger partial charge in [0.15, 0.2) is 23.3 Å². The van der Waals surface area contributed by atoms with Crippen LogP contribution in [0.1, 0.15) is 18.4 Å². The molecule has 1 aromatic rings. The number of methoxy groups -OCH3 is 1. The van der Waals surface area contributed by atoms with Gasteiger partial charge in [0.05, 0.1) is 55.4 Å². The van der Waals surface area contributed by atoms with Crippen LogP contribution in [0.3, 0.4) is 0 Å². The van der Waals surface area contributed by atoms with E-state index in [1.165, 1.54) is 6.92 Å². The molecule has 2 rings (SSSR count). The number of allylic oxidation sites excluding steroid dienone is 1. The van der Waals surface area contributed by atoms with E-state index in [-0.39, 0.29) is 31.5 Å². The number of halogens is 5. The molecule has 1 unspecified atom stereocenters. The Kier molecular flexibility index (Phi) is 8.72. The minimum absolute atomic E-state index is 0.0121. The van der Waals surface area contributed by atoms with Crippen LogP contribution < -0.4 is 11.1 Å². The fraction of sp³-hybridized carbons (Fsp3) is 0.400. The summed E-state index contributed by atoms with van der Waals surface area (Å²) < 4.78 is 86.1. The van der Waals surface area contributed by atoms with Crippen molar-refractivity contribution in [3.8, 4) is 0 Å². The second-order valence-corrected chi connectivity index (χ2v) is 6.41. The van der Waals surface area contributed by atoms with E-state index in [2.05, 4.69) is 10.1 Å². The van der Waals surface area contributed by atoms with Crippen molar-refractivity contribution in [2.75, 3.05) is 40.1 Å². The van der Waals surface area contributed by atoms with Crippen LogP contribution in [0.15, 0.2) is 28.6 Å². The number of ether oxygens (including phenoxy) is 3. The van der Waals surface area contributed by atoms with E-state index in [4.69, 9.17) is 15.2 Å². The second-order valence-electron chi connectivity index (χ2n) is 6.41. The summed E-state index contributed by atoms with van der Waals surface area (Å²) >= 11 is 0. The minimum Gasteiger partial charge on any atom is -0.466 e. The average molecular weight is 464 g/mol. The predicted molar refractivity (Wildman–Crippen MR) is 101 cm³/mol. The molecular formula is C20H21F5N2O5. The maximum atomic E-state index is 14.8. The molecule has 32 heavy (non-hydrogen) atoms. The first-order valence-electron chi connectivity index (χ1n) is 9.38. The molecule has 7 nitrogen and oxygen atoms in total. The van der Waals surface area contributed by atoms with Crippen LogP contribution in [0.5, 0.6) is 0 Å². The van der Waals surface area contributed by atoms with Gasteiger partial charge in [-0.2, -0.15) is 0 Å². The first-order valence-corrected chi connectivity index (χ1v) is 9.38. The van der Waals surface area contributed by atoms with Crippen LogP contribution in [0.25, 0.3) is 0 Å². The monoisotopic (exact) mass is 464 g/mol. The molecule has 176 valence electrons. The van der Waals surface area contributed by atoms with E-state index < -0.39 is 76.8 Å². The summed E-state index contributed by atoms with van der Waals surface area (Å²) in [6.07, 6.45) is 0. The Hall–Kier alpha value is -2.99. The summed E-state index contributed by atoms with van der Waals surface area (Å²) in [5.74, 6) is -11.9. The van der Waals surface area contributed by atoms with E-state index in [0.29, 0.717) is 0 Å². The van der Waals surface area contributed by atoms with Crippen molar-refractivity contribution < 1.29 is 45.8 Å². The van der Waals surface area contributed by atoms with Crippen molar-refractivity contribution in [2.45, 2.75) is 12.8 Å². The number of alkyl halides is 1. The highest BCUT2D eigenvalue weighted by atomic mass is 19.2. The van der Waals surface area contributed by atoms with Crippen LogP contribution in [-0.4, -0.2) is 52.1 Å². The van der Waals surface area contributed by atoms with Crippen LogP contribution in [0, 0.1) is 23.3 Å². The number of benzene rings is 1. The lowest BCUT2D eigenvalue weighted by Gasteiger charge is -2.32. The molecule has 0 fully saturated rings. The number of rotatable bonds is 9. The molecule has 0 saturated heterocycles. The van der Waals surface area contributed by atoms with E-state index >= 15 is 0 Å². The van der Waals surface area contributed by atoms with Crippen LogP contribution in [-0.2, 0) is 23.8 Å². The van der Waals surface area contributed by atoms with Crippen molar-refractivity contribution in [1.82, 2.24) is 5.32 Å². The summed E-state index contributed by atoms with van der Waals surface area (Å²) in [6.45, 7) is -0.521. The van der Waals surface area contributed by atoms with Crippen molar-refractivity contribution in [2.24, 2.45) is 5.73 Å². The molecule has 1 aromatic carbocycles. The Morgan fingerprint density at radius 3 is 2.16 bits per heavy atom. The fourth-order valence-corrected chi connectivity index (χ4v) is 3.22. The molecule has 0 spiro atoms. The molecule has 0 aliphatic carbocycles. The maximum Gasteiger partial charge on any atom is 0.336 e. The van der Waals surface area contributed by atoms with Crippen molar-refractivity contribution in [1.29, 1.82) is 0 Å². The van der Waals surface area contributed by atoms with Gasteiger partial charge in [0.25, 0.3) is 0 Å². The highest BCUT2D eigenvalue weighted by Crippen LogP contribution is 2.42. The van der Waals surface area contributed by atoms with Gasteiger partial charge in [-0.25, -0.2) is 31.5 Å². The normalized spacial score (nSPS) is 16.2. The lowest BCUT2D eigenvalue weighted by Crippen LogP contribution is -2.37. The second kappa shape index (κ2) is 11.0. The van der Waals surface area contributed by atoms with Gasteiger partial charge in [-0.1, -0.05) is 0 Å². The number of carbonyl (C=O) groups excluding carboxylic acids is 2. The van der Waals surface area contributed by atoms with Crippen molar-refractivity contribution >= 4 is 11.9 Å². The average Bonchev–Trinajstić information content (AvgIpc) is 2.77. The Labute approximate surface area is 180 Å². The summed E-state index contributed by atoms with van der Waals surface area (Å²) in [4.78, 5) is 25.2. The van der Waals surface area contributed by atoms with Gasteiger partial charge in [-0.15, -0.1) is 0 Å². The topological polar surface area (TPSA) is 99.9 Å². The van der Waals surface area contributed by atoms with Gasteiger partial charge in [0.1, 0.15) is 6.67 Å². The third-order valence-corrected chi connectivity index (χ3v) is 4.51. The highest BCUT2D eigenvalue weighted by Gasteiger charge is 2.43. The smallest absolute Gasteiger partial charge is 0.336 e. The lowest BCUT2D eigenvalue weighted by molar-refractivity contribution is -0.139. The standard InChI is InChI=1S/C20H21F5N2O5/c1-3-32-20(29)14-12(8-31-5-4-26)27-11(7-21)13(19(28)30-2)15(14)16-17(24)9(22)6-10(23)18(16)25/h6,15,27H,3-5,7-8,26H2,1-2H3.